The average Bonchev–Trinajstić information content (AvgIpc) is 3.16. The topological polar surface area (TPSA) is 110 Å². The average molecular weight is 411 g/mol. The van der Waals surface area contributed by atoms with Gasteiger partial charge >= 0.3 is 0 Å². The van der Waals surface area contributed by atoms with Crippen molar-refractivity contribution in [3.05, 3.63) is 54.1 Å². The molecular formula is C20H21N5O3S. The van der Waals surface area contributed by atoms with Crippen LogP contribution in [0.4, 0.5) is 5.69 Å². The van der Waals surface area contributed by atoms with Crippen LogP contribution in [0.3, 0.4) is 0 Å². The number of carbonyl (C=O) groups excluding carboxylic acids is 2. The van der Waals surface area contributed by atoms with E-state index in [2.05, 4.69) is 20.8 Å². The normalized spacial score (nSPS) is 12.0. The molecule has 29 heavy (non-hydrogen) atoms. The van der Waals surface area contributed by atoms with Crippen LogP contribution in [0.1, 0.15) is 31.1 Å². The molecule has 0 aliphatic heterocycles. The second kappa shape index (κ2) is 8.87. The number of aromatic hydroxyl groups is 1. The van der Waals surface area contributed by atoms with Crippen molar-refractivity contribution in [3.63, 3.8) is 0 Å². The smallest absolute Gasteiger partial charge is 0.226 e. The third-order valence-electron chi connectivity index (χ3n) is 4.15. The Morgan fingerprint density at radius 1 is 1.03 bits per heavy atom. The standard InChI is InChI=1S/C20H21N5O3S/c1-12(2)19(28)21-15-6-4-14(5-7-15)18(27)13(3)29-20-22-23-24-25(20)16-8-10-17(26)11-9-16/h4-13,26H,1-3H3,(H,21,28). The van der Waals surface area contributed by atoms with Crippen molar-refractivity contribution in [1.82, 2.24) is 20.2 Å². The summed E-state index contributed by atoms with van der Waals surface area (Å²) in [5.41, 5.74) is 1.87. The number of amides is 1. The molecule has 2 aromatic carbocycles. The summed E-state index contributed by atoms with van der Waals surface area (Å²) in [7, 11) is 0. The van der Waals surface area contributed by atoms with Crippen LogP contribution in [-0.4, -0.2) is 42.3 Å². The van der Waals surface area contributed by atoms with Gasteiger partial charge in [-0.25, -0.2) is 0 Å². The fourth-order valence-corrected chi connectivity index (χ4v) is 3.34. The van der Waals surface area contributed by atoms with E-state index in [1.54, 1.807) is 55.5 Å². The molecule has 3 rings (SSSR count). The predicted octanol–water partition coefficient (Wildman–Crippen LogP) is 3.33. The van der Waals surface area contributed by atoms with Gasteiger partial charge in [-0.15, -0.1) is 5.10 Å². The summed E-state index contributed by atoms with van der Waals surface area (Å²) >= 11 is 1.24. The lowest BCUT2D eigenvalue weighted by Gasteiger charge is -2.11. The Bertz CT molecular complexity index is 1000. The Morgan fingerprint density at radius 3 is 2.31 bits per heavy atom. The molecule has 0 aliphatic rings. The van der Waals surface area contributed by atoms with Crippen LogP contribution < -0.4 is 5.32 Å². The number of Topliss-reactive ketones (excluding diaryl/α,β-unsaturated/α-hetero) is 1. The molecule has 0 fully saturated rings. The van der Waals surface area contributed by atoms with E-state index >= 15 is 0 Å². The van der Waals surface area contributed by atoms with Crippen LogP contribution in [0.25, 0.3) is 5.69 Å². The van der Waals surface area contributed by atoms with Gasteiger partial charge in [-0.3, -0.25) is 9.59 Å². The molecule has 1 aromatic heterocycles. The molecule has 0 aliphatic carbocycles. The first-order valence-corrected chi connectivity index (χ1v) is 9.92. The van der Waals surface area contributed by atoms with E-state index < -0.39 is 5.25 Å². The first-order chi connectivity index (χ1) is 13.8. The molecule has 150 valence electrons. The van der Waals surface area contributed by atoms with Crippen LogP contribution in [0, 0.1) is 5.92 Å². The van der Waals surface area contributed by atoms with Crippen molar-refractivity contribution in [2.24, 2.45) is 5.92 Å². The zero-order chi connectivity index (χ0) is 21.0. The molecule has 1 heterocycles. The van der Waals surface area contributed by atoms with Crippen LogP contribution in [-0.2, 0) is 4.79 Å². The lowest BCUT2D eigenvalue weighted by atomic mass is 10.1. The second-order valence-corrected chi connectivity index (χ2v) is 8.04. The summed E-state index contributed by atoms with van der Waals surface area (Å²) in [6.45, 7) is 5.42. The Morgan fingerprint density at radius 2 is 1.69 bits per heavy atom. The zero-order valence-electron chi connectivity index (χ0n) is 16.2. The minimum Gasteiger partial charge on any atom is -0.508 e. The molecule has 0 saturated carbocycles. The molecule has 2 N–H and O–H groups in total. The third-order valence-corrected chi connectivity index (χ3v) is 5.18. The highest BCUT2D eigenvalue weighted by molar-refractivity contribution is 8.00. The number of rotatable bonds is 7. The van der Waals surface area contributed by atoms with Gasteiger partial charge in [0.25, 0.3) is 0 Å². The summed E-state index contributed by atoms with van der Waals surface area (Å²) in [6.07, 6.45) is 0. The number of anilines is 1. The minimum atomic E-state index is -0.423. The van der Waals surface area contributed by atoms with Gasteiger partial charge in [0.15, 0.2) is 5.78 Å². The van der Waals surface area contributed by atoms with Gasteiger partial charge in [-0.1, -0.05) is 25.6 Å². The van der Waals surface area contributed by atoms with Crippen molar-refractivity contribution in [2.45, 2.75) is 31.2 Å². The molecular weight excluding hydrogens is 390 g/mol. The Kier molecular flexibility index (Phi) is 6.28. The summed E-state index contributed by atoms with van der Waals surface area (Å²) < 4.78 is 1.51. The van der Waals surface area contributed by atoms with E-state index in [-0.39, 0.29) is 23.4 Å². The number of nitrogens with one attached hydrogen (secondary N) is 1. The molecule has 3 aromatic rings. The fraction of sp³-hybridized carbons (Fsp3) is 0.250. The Balaban J connectivity index is 1.69. The number of benzene rings is 2. The predicted molar refractivity (Wildman–Crippen MR) is 110 cm³/mol. The van der Waals surface area contributed by atoms with E-state index in [9.17, 15) is 14.7 Å². The lowest BCUT2D eigenvalue weighted by Crippen LogP contribution is -2.18. The molecule has 8 nitrogen and oxygen atoms in total. The minimum absolute atomic E-state index is 0.0722. The monoisotopic (exact) mass is 411 g/mol. The molecule has 9 heteroatoms. The number of hydrogen-bond donors (Lipinski definition) is 2. The molecule has 1 atom stereocenters. The molecule has 0 spiro atoms. The van der Waals surface area contributed by atoms with Crippen molar-refractivity contribution >= 4 is 29.1 Å². The first kappa shape index (κ1) is 20.5. The largest absolute Gasteiger partial charge is 0.508 e. The van der Waals surface area contributed by atoms with E-state index in [4.69, 9.17) is 0 Å². The van der Waals surface area contributed by atoms with Gasteiger partial charge in [-0.2, -0.15) is 4.68 Å². The highest BCUT2D eigenvalue weighted by atomic mass is 32.2. The highest BCUT2D eigenvalue weighted by Crippen LogP contribution is 2.26. The van der Waals surface area contributed by atoms with E-state index in [0.717, 1.165) is 0 Å². The summed E-state index contributed by atoms with van der Waals surface area (Å²) in [6, 6.07) is 13.3. The second-order valence-electron chi connectivity index (χ2n) is 6.74. The van der Waals surface area contributed by atoms with Crippen LogP contribution in [0.15, 0.2) is 53.7 Å². The third kappa shape index (κ3) is 5.00. The zero-order valence-corrected chi connectivity index (χ0v) is 17.1. The van der Waals surface area contributed by atoms with E-state index in [1.165, 1.54) is 16.4 Å². The summed E-state index contributed by atoms with van der Waals surface area (Å²) in [5, 5.41) is 23.9. The fourth-order valence-electron chi connectivity index (χ4n) is 2.46. The number of nitrogens with zero attached hydrogens (tertiary/aromatic N) is 4. The van der Waals surface area contributed by atoms with Gasteiger partial charge in [0.05, 0.1) is 10.9 Å². The maximum Gasteiger partial charge on any atom is 0.226 e. The van der Waals surface area contributed by atoms with Crippen LogP contribution in [0.2, 0.25) is 0 Å². The number of thioether (sulfide) groups is 1. The molecule has 1 unspecified atom stereocenters. The molecule has 0 radical (unpaired) electrons. The first-order valence-electron chi connectivity index (χ1n) is 9.04. The Hall–Kier alpha value is -3.20. The number of carbonyl (C=O) groups is 2. The number of aromatic nitrogens is 4. The maximum atomic E-state index is 12.8. The quantitative estimate of drug-likeness (QED) is 0.453. The SMILES string of the molecule is CC(C)C(=O)Nc1ccc(C(=O)C(C)Sc2nnnn2-c2ccc(O)cc2)cc1. The van der Waals surface area contributed by atoms with Crippen molar-refractivity contribution < 1.29 is 14.7 Å². The van der Waals surface area contributed by atoms with Gasteiger partial charge in [0.2, 0.25) is 11.1 Å². The van der Waals surface area contributed by atoms with Crippen molar-refractivity contribution in [1.29, 1.82) is 0 Å². The van der Waals surface area contributed by atoms with E-state index in [0.29, 0.717) is 22.1 Å². The lowest BCUT2D eigenvalue weighted by molar-refractivity contribution is -0.118. The highest BCUT2D eigenvalue weighted by Gasteiger charge is 2.21. The Labute approximate surface area is 172 Å². The molecule has 1 amide bonds. The van der Waals surface area contributed by atoms with E-state index in [1.807, 2.05) is 13.8 Å². The number of hydrogen-bond acceptors (Lipinski definition) is 7. The number of ketones is 1. The number of phenolic OH excluding ortho intramolecular Hbond substituents is 1. The summed E-state index contributed by atoms with van der Waals surface area (Å²) in [5.74, 6) is -0.120. The van der Waals surface area contributed by atoms with Gasteiger partial charge in [0.1, 0.15) is 5.75 Å². The van der Waals surface area contributed by atoms with Crippen molar-refractivity contribution in [3.8, 4) is 11.4 Å². The molecule has 0 bridgehead atoms. The summed E-state index contributed by atoms with van der Waals surface area (Å²) in [4.78, 5) is 24.6. The van der Waals surface area contributed by atoms with Crippen LogP contribution in [0.5, 0.6) is 5.75 Å². The maximum absolute atomic E-state index is 12.8. The van der Waals surface area contributed by atoms with Gasteiger partial charge in [-0.05, 0) is 65.9 Å². The van der Waals surface area contributed by atoms with Crippen molar-refractivity contribution in [2.75, 3.05) is 5.32 Å². The van der Waals surface area contributed by atoms with Gasteiger partial charge < -0.3 is 10.4 Å². The molecule has 0 saturated heterocycles. The van der Waals surface area contributed by atoms with Gasteiger partial charge in [0, 0.05) is 17.2 Å². The number of tetrazole rings is 1. The number of phenols is 1. The van der Waals surface area contributed by atoms with Crippen LogP contribution >= 0.6 is 11.8 Å².